The summed E-state index contributed by atoms with van der Waals surface area (Å²) in [6, 6.07) is 11.3. The van der Waals surface area contributed by atoms with Gasteiger partial charge in [-0.25, -0.2) is 0 Å². The van der Waals surface area contributed by atoms with E-state index in [-0.39, 0.29) is 6.52 Å². The number of pyridine rings is 1. The van der Waals surface area contributed by atoms with Crippen LogP contribution in [0.2, 0.25) is 10.0 Å². The van der Waals surface area contributed by atoms with Gasteiger partial charge in [0.25, 0.3) is 0 Å². The monoisotopic (exact) mass is 566 g/mol. The average molecular weight is 567 g/mol. The molecule has 1 atom stereocenters. The molecule has 1 aliphatic heterocycles. The van der Waals surface area contributed by atoms with E-state index in [9.17, 15) is 5.26 Å². The third-order valence-electron chi connectivity index (χ3n) is 6.93. The maximum Gasteiger partial charge on any atom is 0.139 e. The minimum Gasteiger partial charge on any atom is -0.496 e. The van der Waals surface area contributed by atoms with Gasteiger partial charge in [0.2, 0.25) is 0 Å². The molecule has 0 aliphatic carbocycles. The molecule has 1 fully saturated rings. The van der Waals surface area contributed by atoms with Crippen LogP contribution in [0.3, 0.4) is 0 Å². The minimum atomic E-state index is -0.183. The first kappa shape index (κ1) is 25.8. The molecule has 0 spiro atoms. The predicted molar refractivity (Wildman–Crippen MR) is 154 cm³/mol. The number of anilines is 2. The number of hydrogen-bond acceptors (Lipinski definition) is 8. The highest BCUT2D eigenvalue weighted by Gasteiger charge is 2.20. The molecule has 202 valence electrons. The van der Waals surface area contributed by atoms with Gasteiger partial charge in [-0.15, -0.1) is 0 Å². The first-order valence-electron chi connectivity index (χ1n) is 13.1. The van der Waals surface area contributed by atoms with Crippen LogP contribution in [0.5, 0.6) is 11.5 Å². The smallest absolute Gasteiger partial charge is 0.139 e. The zero-order valence-corrected chi connectivity index (χ0v) is 23.4. The van der Waals surface area contributed by atoms with E-state index >= 15 is 0 Å². The van der Waals surface area contributed by atoms with Crippen molar-refractivity contribution in [3.8, 4) is 28.7 Å². The Balaban J connectivity index is 1.47. The van der Waals surface area contributed by atoms with Gasteiger partial charge in [-0.1, -0.05) is 30.1 Å². The van der Waals surface area contributed by atoms with Crippen LogP contribution in [0.25, 0.3) is 22.0 Å². The van der Waals surface area contributed by atoms with E-state index in [1.807, 2.05) is 25.1 Å². The van der Waals surface area contributed by atoms with Crippen LogP contribution >= 0.6 is 23.2 Å². The molecule has 5 rings (SSSR count). The second kappa shape index (κ2) is 11.7. The number of likely N-dealkylation sites (N-methyl/N-ethyl adjacent to an activating group) is 1. The molecular formula is C29H29Cl2N5O3. The molecule has 0 saturated carbocycles. The summed E-state index contributed by atoms with van der Waals surface area (Å²) in [5.41, 5.74) is 3.78. The molecule has 0 radical (unpaired) electrons. The Morgan fingerprint density at radius 2 is 1.79 bits per heavy atom. The Morgan fingerprint density at radius 3 is 2.49 bits per heavy atom. The molecule has 1 N–H and O–H groups in total. The molecule has 0 bridgehead atoms. The molecule has 39 heavy (non-hydrogen) atoms. The van der Waals surface area contributed by atoms with E-state index in [0.717, 1.165) is 43.1 Å². The lowest BCUT2D eigenvalue weighted by atomic mass is 10.0. The van der Waals surface area contributed by atoms with Crippen LogP contribution in [0.15, 0.2) is 47.2 Å². The van der Waals surface area contributed by atoms with Crippen molar-refractivity contribution in [3.05, 3.63) is 64.2 Å². The minimum absolute atomic E-state index is 0.183. The number of rotatable bonds is 8. The SMILES string of the molecule is [2H]C(C)N1CCN(Cc2cc(-c3cc4ncc(C#N)c(Nc5cc(OC)c(Cl)cc5Cl)c4cc3OC)co2)CC1. The van der Waals surface area contributed by atoms with Crippen LogP contribution < -0.4 is 14.8 Å². The topological polar surface area (TPSA) is 86.8 Å². The molecule has 3 heterocycles. The maximum absolute atomic E-state index is 9.84. The van der Waals surface area contributed by atoms with E-state index in [1.165, 1.54) is 13.3 Å². The third kappa shape index (κ3) is 5.63. The summed E-state index contributed by atoms with van der Waals surface area (Å²) in [6.07, 6.45) is 3.25. The number of nitrogens with zero attached hydrogens (tertiary/aromatic N) is 4. The Kier molecular flexibility index (Phi) is 7.75. The summed E-state index contributed by atoms with van der Waals surface area (Å²) >= 11 is 12.7. The van der Waals surface area contributed by atoms with Crippen molar-refractivity contribution in [2.24, 2.45) is 0 Å². The van der Waals surface area contributed by atoms with Crippen molar-refractivity contribution in [1.29, 1.82) is 5.26 Å². The number of benzene rings is 2. The Bertz CT molecular complexity index is 1580. The summed E-state index contributed by atoms with van der Waals surface area (Å²) in [6.45, 7) is 5.95. The van der Waals surface area contributed by atoms with Gasteiger partial charge in [-0.05, 0) is 30.8 Å². The van der Waals surface area contributed by atoms with Crippen LogP contribution in [0.1, 0.15) is 19.6 Å². The van der Waals surface area contributed by atoms with Gasteiger partial charge in [-0.2, -0.15) is 5.26 Å². The van der Waals surface area contributed by atoms with Gasteiger partial charge >= 0.3 is 0 Å². The van der Waals surface area contributed by atoms with Gasteiger partial charge in [0.05, 0.1) is 59.5 Å². The van der Waals surface area contributed by atoms with Crippen LogP contribution in [-0.4, -0.2) is 61.7 Å². The van der Waals surface area contributed by atoms with Crippen molar-refractivity contribution < 1.29 is 15.3 Å². The standard InChI is InChI=1S/C29H29Cl2N5O3/c1-4-35-5-7-36(8-6-35)16-20-9-18(17-39-20)21-10-25-22(11-27(21)37-2)29(19(14-32)15-33-25)34-26-13-28(38-3)24(31)12-23(26)30/h9-13,15,17H,4-8,16H2,1-3H3,(H,33,34)/i4D. The quantitative estimate of drug-likeness (QED) is 0.256. The summed E-state index contributed by atoms with van der Waals surface area (Å²) in [5.74, 6) is 1.91. The van der Waals surface area contributed by atoms with E-state index in [4.69, 9.17) is 38.5 Å². The first-order chi connectivity index (χ1) is 19.3. The molecule has 1 aliphatic rings. The molecule has 2 aromatic carbocycles. The van der Waals surface area contributed by atoms with Gasteiger partial charge < -0.3 is 24.1 Å². The number of nitrogens with one attached hydrogen (secondary N) is 1. The summed E-state index contributed by atoms with van der Waals surface area (Å²) in [4.78, 5) is 9.05. The fraction of sp³-hybridized carbons (Fsp3) is 0.310. The molecule has 1 unspecified atom stereocenters. The highest BCUT2D eigenvalue weighted by Crippen LogP contribution is 2.41. The summed E-state index contributed by atoms with van der Waals surface area (Å²) in [5, 5.41) is 14.6. The predicted octanol–water partition coefficient (Wildman–Crippen LogP) is 6.57. The second-order valence-corrected chi connectivity index (χ2v) is 10.0. The summed E-state index contributed by atoms with van der Waals surface area (Å²) < 4.78 is 25.0. The Morgan fingerprint density at radius 1 is 1.05 bits per heavy atom. The lowest BCUT2D eigenvalue weighted by molar-refractivity contribution is 0.125. The van der Waals surface area contributed by atoms with E-state index in [1.54, 1.807) is 25.5 Å². The highest BCUT2D eigenvalue weighted by atomic mass is 35.5. The average Bonchev–Trinajstić information content (AvgIpc) is 3.42. The Labute approximate surface area is 239 Å². The second-order valence-electron chi connectivity index (χ2n) is 9.19. The molecule has 8 nitrogen and oxygen atoms in total. The molecule has 4 aromatic rings. The molecular weight excluding hydrogens is 537 g/mol. The number of hydrogen-bond donors (Lipinski definition) is 1. The number of ether oxygens (including phenoxy) is 2. The number of furan rings is 1. The lowest BCUT2D eigenvalue weighted by Crippen LogP contribution is -2.45. The van der Waals surface area contributed by atoms with Crippen molar-refractivity contribution in [2.75, 3.05) is 52.2 Å². The number of halogens is 2. The van der Waals surface area contributed by atoms with Gasteiger partial charge in [0.15, 0.2) is 0 Å². The zero-order chi connectivity index (χ0) is 28.4. The van der Waals surface area contributed by atoms with E-state index < -0.39 is 0 Å². The number of piperazine rings is 1. The maximum atomic E-state index is 9.84. The van der Waals surface area contributed by atoms with Crippen molar-refractivity contribution in [3.63, 3.8) is 0 Å². The van der Waals surface area contributed by atoms with Crippen LogP contribution in [-0.2, 0) is 6.54 Å². The van der Waals surface area contributed by atoms with E-state index in [2.05, 4.69) is 26.2 Å². The summed E-state index contributed by atoms with van der Waals surface area (Å²) in [7, 11) is 3.13. The van der Waals surface area contributed by atoms with Gasteiger partial charge in [0, 0.05) is 56.3 Å². The largest absolute Gasteiger partial charge is 0.496 e. The molecule has 10 heteroatoms. The number of fused-ring (bicyclic) bond motifs is 1. The van der Waals surface area contributed by atoms with Crippen molar-refractivity contribution in [2.45, 2.75) is 13.5 Å². The lowest BCUT2D eigenvalue weighted by Gasteiger charge is -2.33. The Hall–Kier alpha value is -3.48. The van der Waals surface area contributed by atoms with Crippen molar-refractivity contribution in [1.82, 2.24) is 14.8 Å². The number of methoxy groups -OCH3 is 2. The van der Waals surface area contributed by atoms with Crippen LogP contribution in [0.4, 0.5) is 11.4 Å². The highest BCUT2D eigenvalue weighted by molar-refractivity contribution is 6.37. The van der Waals surface area contributed by atoms with Crippen LogP contribution in [0, 0.1) is 11.3 Å². The van der Waals surface area contributed by atoms with Gasteiger partial charge in [-0.3, -0.25) is 9.88 Å². The third-order valence-corrected chi connectivity index (χ3v) is 7.54. The van der Waals surface area contributed by atoms with Gasteiger partial charge in [0.1, 0.15) is 23.3 Å². The fourth-order valence-electron chi connectivity index (χ4n) is 4.75. The van der Waals surface area contributed by atoms with Crippen molar-refractivity contribution >= 4 is 45.5 Å². The zero-order valence-electron chi connectivity index (χ0n) is 22.9. The number of nitriles is 1. The molecule has 1 saturated heterocycles. The molecule has 2 aromatic heterocycles. The fourth-order valence-corrected chi connectivity index (χ4v) is 5.26. The number of aromatic nitrogens is 1. The molecule has 0 amide bonds. The first-order valence-corrected chi connectivity index (χ1v) is 13.2. The van der Waals surface area contributed by atoms with E-state index in [0.29, 0.717) is 55.9 Å². The normalized spacial score (nSPS) is 15.5.